The molecular weight excluding hydrogens is 440 g/mol. The van der Waals surface area contributed by atoms with E-state index < -0.39 is 21.7 Å². The summed E-state index contributed by atoms with van der Waals surface area (Å²) in [5.74, 6) is -0.226. The molecule has 0 radical (unpaired) electrons. The topological polar surface area (TPSA) is 55.2 Å². The van der Waals surface area contributed by atoms with Crippen LogP contribution in [-0.4, -0.2) is 35.4 Å². The molecule has 0 atom stereocenters. The second-order valence-electron chi connectivity index (χ2n) is 8.28. The fourth-order valence-corrected chi connectivity index (χ4v) is 6.50. The fraction of sp³-hybridized carbons (Fsp3) is 0.409. The molecule has 0 amide bonds. The standard InChI is InChI=1S/C22H23F2N3O2S2/c23-17-9-16(10-18(24)11-17)14-30-22-25-20-12-19(31(28,29)26-7-1-2-8-26)5-6-21(20)27(22)13-15-3-4-15/h5-6,9-12,15H,1-4,7-8,13-14H2. The Hall–Kier alpha value is -1.97. The first-order valence-electron chi connectivity index (χ1n) is 10.5. The Morgan fingerprint density at radius 2 is 1.74 bits per heavy atom. The van der Waals surface area contributed by atoms with E-state index in [0.29, 0.717) is 35.8 Å². The van der Waals surface area contributed by atoms with E-state index in [9.17, 15) is 17.2 Å². The molecule has 1 saturated carbocycles. The number of halogens is 2. The number of nitrogens with zero attached hydrogens (tertiary/aromatic N) is 3. The molecule has 1 aliphatic heterocycles. The average molecular weight is 464 g/mol. The second kappa shape index (κ2) is 8.18. The van der Waals surface area contributed by atoms with Gasteiger partial charge < -0.3 is 4.57 Å². The molecule has 164 valence electrons. The summed E-state index contributed by atoms with van der Waals surface area (Å²) >= 11 is 1.41. The van der Waals surface area contributed by atoms with Crippen molar-refractivity contribution >= 4 is 32.8 Å². The Balaban J connectivity index is 1.47. The molecule has 2 aromatic carbocycles. The highest BCUT2D eigenvalue weighted by Crippen LogP contribution is 2.36. The van der Waals surface area contributed by atoms with E-state index in [1.165, 1.54) is 41.0 Å². The molecule has 2 aliphatic rings. The van der Waals surface area contributed by atoms with Gasteiger partial charge >= 0.3 is 0 Å². The van der Waals surface area contributed by atoms with Crippen LogP contribution in [0.15, 0.2) is 46.5 Å². The average Bonchev–Trinajstić information content (AvgIpc) is 3.23. The molecular formula is C22H23F2N3O2S2. The predicted molar refractivity (Wildman–Crippen MR) is 116 cm³/mol. The van der Waals surface area contributed by atoms with Crippen molar-refractivity contribution in [3.05, 3.63) is 53.6 Å². The number of thioether (sulfide) groups is 1. The van der Waals surface area contributed by atoms with Crippen molar-refractivity contribution in [3.63, 3.8) is 0 Å². The van der Waals surface area contributed by atoms with Gasteiger partial charge in [0.2, 0.25) is 10.0 Å². The quantitative estimate of drug-likeness (QED) is 0.472. The van der Waals surface area contributed by atoms with Crippen molar-refractivity contribution in [2.75, 3.05) is 13.1 Å². The van der Waals surface area contributed by atoms with Crippen molar-refractivity contribution in [3.8, 4) is 0 Å². The molecule has 1 aliphatic carbocycles. The molecule has 5 rings (SSSR count). The van der Waals surface area contributed by atoms with Crippen molar-refractivity contribution in [1.29, 1.82) is 0 Å². The van der Waals surface area contributed by atoms with Gasteiger partial charge in [0.1, 0.15) is 11.6 Å². The van der Waals surface area contributed by atoms with Gasteiger partial charge in [-0.3, -0.25) is 0 Å². The maximum atomic E-state index is 13.5. The van der Waals surface area contributed by atoms with Crippen LogP contribution >= 0.6 is 11.8 Å². The summed E-state index contributed by atoms with van der Waals surface area (Å²) in [6.07, 6.45) is 4.11. The summed E-state index contributed by atoms with van der Waals surface area (Å²) in [6, 6.07) is 8.66. The van der Waals surface area contributed by atoms with Crippen LogP contribution in [0.3, 0.4) is 0 Å². The minimum Gasteiger partial charge on any atom is -0.319 e. The molecule has 0 unspecified atom stereocenters. The van der Waals surface area contributed by atoms with E-state index in [1.807, 2.05) is 6.07 Å². The van der Waals surface area contributed by atoms with E-state index in [-0.39, 0.29) is 4.90 Å². The number of fused-ring (bicyclic) bond motifs is 1. The highest BCUT2D eigenvalue weighted by atomic mass is 32.2. The summed E-state index contributed by atoms with van der Waals surface area (Å²) in [6.45, 7) is 1.93. The van der Waals surface area contributed by atoms with Crippen LogP contribution in [0.25, 0.3) is 11.0 Å². The van der Waals surface area contributed by atoms with Gasteiger partial charge in [0, 0.05) is 31.5 Å². The van der Waals surface area contributed by atoms with E-state index >= 15 is 0 Å². The van der Waals surface area contributed by atoms with Crippen LogP contribution < -0.4 is 0 Å². The van der Waals surface area contributed by atoms with Crippen LogP contribution in [0, 0.1) is 17.6 Å². The van der Waals surface area contributed by atoms with Crippen molar-refractivity contribution in [2.45, 2.75) is 48.0 Å². The summed E-state index contributed by atoms with van der Waals surface area (Å²) in [5.41, 5.74) is 2.07. The van der Waals surface area contributed by atoms with Crippen LogP contribution in [0.2, 0.25) is 0 Å². The van der Waals surface area contributed by atoms with Gasteiger partial charge in [0.15, 0.2) is 5.16 Å². The van der Waals surface area contributed by atoms with Gasteiger partial charge in [-0.25, -0.2) is 22.2 Å². The molecule has 1 aromatic heterocycles. The molecule has 0 spiro atoms. The van der Waals surface area contributed by atoms with Gasteiger partial charge in [-0.05, 0) is 67.5 Å². The first kappa shape index (κ1) is 20.9. The second-order valence-corrected chi connectivity index (χ2v) is 11.2. The minimum absolute atomic E-state index is 0.265. The lowest BCUT2D eigenvalue weighted by molar-refractivity contribution is 0.477. The monoisotopic (exact) mass is 463 g/mol. The smallest absolute Gasteiger partial charge is 0.243 e. The lowest BCUT2D eigenvalue weighted by atomic mass is 10.2. The maximum Gasteiger partial charge on any atom is 0.243 e. The molecule has 5 nitrogen and oxygen atoms in total. The van der Waals surface area contributed by atoms with E-state index in [0.717, 1.165) is 36.1 Å². The normalized spacial score (nSPS) is 17.6. The third-order valence-corrected chi connectivity index (χ3v) is 8.76. The highest BCUT2D eigenvalue weighted by Gasteiger charge is 2.29. The van der Waals surface area contributed by atoms with Crippen LogP contribution in [0.4, 0.5) is 8.78 Å². The Morgan fingerprint density at radius 3 is 2.42 bits per heavy atom. The molecule has 1 saturated heterocycles. The SMILES string of the molecule is O=S(=O)(c1ccc2c(c1)nc(SCc1cc(F)cc(F)c1)n2CC1CC1)N1CCCC1. The Morgan fingerprint density at radius 1 is 1.03 bits per heavy atom. The van der Waals surface area contributed by atoms with Crippen molar-refractivity contribution in [2.24, 2.45) is 5.92 Å². The summed E-state index contributed by atoms with van der Waals surface area (Å²) < 4.78 is 56.6. The van der Waals surface area contributed by atoms with E-state index in [2.05, 4.69) is 4.57 Å². The number of hydrogen-bond acceptors (Lipinski definition) is 4. The molecule has 0 N–H and O–H groups in total. The number of aromatic nitrogens is 2. The van der Waals surface area contributed by atoms with Gasteiger partial charge in [-0.2, -0.15) is 4.31 Å². The first-order valence-corrected chi connectivity index (χ1v) is 12.9. The number of benzene rings is 2. The number of imidazole rings is 1. The third-order valence-electron chi connectivity index (χ3n) is 5.82. The fourth-order valence-electron chi connectivity index (χ4n) is 4.01. The Kier molecular flexibility index (Phi) is 5.52. The lowest BCUT2D eigenvalue weighted by Gasteiger charge is -2.15. The zero-order chi connectivity index (χ0) is 21.6. The number of rotatable bonds is 7. The summed E-state index contributed by atoms with van der Waals surface area (Å²) in [4.78, 5) is 4.98. The van der Waals surface area contributed by atoms with E-state index in [1.54, 1.807) is 12.1 Å². The molecule has 31 heavy (non-hydrogen) atoms. The minimum atomic E-state index is -3.52. The van der Waals surface area contributed by atoms with Crippen molar-refractivity contribution < 1.29 is 17.2 Å². The largest absolute Gasteiger partial charge is 0.319 e. The van der Waals surface area contributed by atoms with E-state index in [4.69, 9.17) is 4.98 Å². The highest BCUT2D eigenvalue weighted by molar-refractivity contribution is 7.98. The zero-order valence-corrected chi connectivity index (χ0v) is 18.6. The Bertz CT molecular complexity index is 1210. The summed E-state index contributed by atoms with van der Waals surface area (Å²) in [5, 5.41) is 0.738. The van der Waals surface area contributed by atoms with Gasteiger partial charge in [0.05, 0.1) is 15.9 Å². The molecule has 9 heteroatoms. The summed E-state index contributed by atoms with van der Waals surface area (Å²) in [7, 11) is -3.52. The van der Waals surface area contributed by atoms with Gasteiger partial charge in [-0.1, -0.05) is 11.8 Å². The zero-order valence-electron chi connectivity index (χ0n) is 16.9. The number of sulfonamides is 1. The molecule has 2 heterocycles. The maximum absolute atomic E-state index is 13.5. The first-order chi connectivity index (χ1) is 14.9. The lowest BCUT2D eigenvalue weighted by Crippen LogP contribution is -2.27. The van der Waals surface area contributed by atoms with Crippen LogP contribution in [-0.2, 0) is 22.3 Å². The van der Waals surface area contributed by atoms with Gasteiger partial charge in [-0.15, -0.1) is 0 Å². The molecule has 3 aromatic rings. The predicted octanol–water partition coefficient (Wildman–Crippen LogP) is 4.80. The Labute approximate surface area is 184 Å². The molecule has 2 fully saturated rings. The van der Waals surface area contributed by atoms with Crippen molar-refractivity contribution in [1.82, 2.24) is 13.9 Å². The molecule has 0 bridgehead atoms. The number of hydrogen-bond donors (Lipinski definition) is 0. The van der Waals surface area contributed by atoms with Gasteiger partial charge in [0.25, 0.3) is 0 Å². The van der Waals surface area contributed by atoms with Crippen LogP contribution in [0.5, 0.6) is 0 Å². The third kappa shape index (κ3) is 4.36. The van der Waals surface area contributed by atoms with Crippen LogP contribution in [0.1, 0.15) is 31.2 Å².